The van der Waals surface area contributed by atoms with Crippen molar-refractivity contribution in [2.24, 2.45) is 11.3 Å². The number of thioether (sulfide) groups is 2. The van der Waals surface area contributed by atoms with Crippen LogP contribution in [0.15, 0.2) is 18.2 Å². The van der Waals surface area contributed by atoms with E-state index in [9.17, 15) is 27.9 Å². The standard InChI is InChI=1S/C24H34F3NO3S2/c1-16(2)10-13-22(11-6-5-7-12-22)20(29)28-19-14-18(24(25,26)27)9-8-17(19)15-23(32-3,33-4)21(30)31/h8-9,14,16H,5-7,10-13,15H2,1-4H3,(H,28,29)(H,30,31). The first kappa shape index (κ1) is 27.9. The van der Waals surface area contributed by atoms with E-state index >= 15 is 0 Å². The number of amides is 1. The van der Waals surface area contributed by atoms with Crippen molar-refractivity contribution in [3.05, 3.63) is 29.3 Å². The monoisotopic (exact) mass is 505 g/mol. The van der Waals surface area contributed by atoms with Gasteiger partial charge in [0.2, 0.25) is 5.91 Å². The summed E-state index contributed by atoms with van der Waals surface area (Å²) in [7, 11) is 0. The summed E-state index contributed by atoms with van der Waals surface area (Å²) in [5, 5.41) is 12.6. The second-order valence-electron chi connectivity index (χ2n) is 9.24. The van der Waals surface area contributed by atoms with E-state index in [1.54, 1.807) is 12.5 Å². The van der Waals surface area contributed by atoms with Gasteiger partial charge >= 0.3 is 12.1 Å². The number of carboxylic acids is 1. The third-order valence-electron chi connectivity index (χ3n) is 6.59. The molecule has 1 aliphatic rings. The number of nitrogens with one attached hydrogen (secondary N) is 1. The van der Waals surface area contributed by atoms with Crippen LogP contribution in [0.2, 0.25) is 0 Å². The Bertz CT molecular complexity index is 833. The van der Waals surface area contributed by atoms with Gasteiger partial charge in [0.15, 0.2) is 4.08 Å². The van der Waals surface area contributed by atoms with Crippen LogP contribution >= 0.6 is 23.5 Å². The van der Waals surface area contributed by atoms with Gasteiger partial charge < -0.3 is 10.4 Å². The first-order valence-electron chi connectivity index (χ1n) is 11.2. The van der Waals surface area contributed by atoms with E-state index in [2.05, 4.69) is 19.2 Å². The summed E-state index contributed by atoms with van der Waals surface area (Å²) in [6.45, 7) is 4.19. The molecule has 33 heavy (non-hydrogen) atoms. The highest BCUT2D eigenvalue weighted by Gasteiger charge is 2.41. The average molecular weight is 506 g/mol. The summed E-state index contributed by atoms with van der Waals surface area (Å²) in [5.41, 5.74) is -1.03. The second-order valence-corrected chi connectivity index (χ2v) is 11.7. The Hall–Kier alpha value is -1.35. The number of rotatable bonds is 10. The Morgan fingerprint density at radius 3 is 2.21 bits per heavy atom. The zero-order valence-electron chi connectivity index (χ0n) is 19.7. The van der Waals surface area contributed by atoms with Crippen LogP contribution in [-0.2, 0) is 22.2 Å². The van der Waals surface area contributed by atoms with Gasteiger partial charge in [-0.1, -0.05) is 39.2 Å². The molecule has 1 aliphatic carbocycles. The van der Waals surface area contributed by atoms with E-state index in [0.29, 0.717) is 30.7 Å². The number of benzene rings is 1. The third kappa shape index (κ3) is 6.84. The Balaban J connectivity index is 2.46. The minimum Gasteiger partial charge on any atom is -0.480 e. The van der Waals surface area contributed by atoms with Crippen molar-refractivity contribution in [1.29, 1.82) is 0 Å². The number of aliphatic carboxylic acids is 1. The molecule has 9 heteroatoms. The van der Waals surface area contributed by atoms with Gasteiger partial charge in [-0.15, -0.1) is 23.5 Å². The number of halogens is 3. The molecule has 186 valence electrons. The Morgan fingerprint density at radius 1 is 1.12 bits per heavy atom. The van der Waals surface area contributed by atoms with Crippen molar-refractivity contribution in [1.82, 2.24) is 0 Å². The minimum atomic E-state index is -4.57. The fourth-order valence-corrected chi connectivity index (χ4v) is 6.01. The molecule has 4 nitrogen and oxygen atoms in total. The molecule has 0 aliphatic heterocycles. The summed E-state index contributed by atoms with van der Waals surface area (Å²) in [6.07, 6.45) is 4.62. The number of carboxylic acid groups (broad SMARTS) is 1. The first-order chi connectivity index (χ1) is 15.4. The van der Waals surface area contributed by atoms with Crippen LogP contribution in [0.4, 0.5) is 18.9 Å². The average Bonchev–Trinajstić information content (AvgIpc) is 2.76. The maximum Gasteiger partial charge on any atom is 0.416 e. The normalized spacial score (nSPS) is 16.6. The molecule has 0 bridgehead atoms. The molecule has 0 spiro atoms. The van der Waals surface area contributed by atoms with Gasteiger partial charge in [0.1, 0.15) is 0 Å². The molecule has 1 aromatic rings. The fourth-order valence-electron chi connectivity index (χ4n) is 4.39. The van der Waals surface area contributed by atoms with Gasteiger partial charge in [-0.3, -0.25) is 4.79 Å². The number of hydrogen-bond acceptors (Lipinski definition) is 4. The van der Waals surface area contributed by atoms with E-state index in [-0.39, 0.29) is 18.0 Å². The maximum atomic E-state index is 13.5. The SMILES string of the molecule is CSC(Cc1ccc(C(F)(F)F)cc1NC(=O)C1(CCC(C)C)CCCCC1)(SC)C(=O)O. The van der Waals surface area contributed by atoms with Gasteiger partial charge in [-0.25, -0.2) is 4.79 Å². The van der Waals surface area contributed by atoms with E-state index < -0.39 is 27.2 Å². The Kier molecular flexibility index (Phi) is 9.62. The summed E-state index contributed by atoms with van der Waals surface area (Å²) >= 11 is 2.25. The van der Waals surface area contributed by atoms with Crippen LogP contribution in [-0.4, -0.2) is 33.6 Å². The first-order valence-corrected chi connectivity index (χ1v) is 13.7. The van der Waals surface area contributed by atoms with Crippen molar-refractivity contribution < 1.29 is 27.9 Å². The molecule has 1 fully saturated rings. The van der Waals surface area contributed by atoms with E-state index in [0.717, 1.165) is 61.3 Å². The van der Waals surface area contributed by atoms with Gasteiger partial charge in [0.25, 0.3) is 0 Å². The van der Waals surface area contributed by atoms with Crippen molar-refractivity contribution in [2.45, 2.75) is 75.5 Å². The Labute approximate surface area is 202 Å². The predicted molar refractivity (Wildman–Crippen MR) is 131 cm³/mol. The molecular weight excluding hydrogens is 471 g/mol. The van der Waals surface area contributed by atoms with Crippen molar-refractivity contribution in [3.63, 3.8) is 0 Å². The lowest BCUT2D eigenvalue weighted by atomic mass is 9.69. The number of carbonyl (C=O) groups excluding carboxylic acids is 1. The lowest BCUT2D eigenvalue weighted by molar-refractivity contribution is -0.138. The molecule has 2 N–H and O–H groups in total. The zero-order valence-corrected chi connectivity index (χ0v) is 21.3. The summed E-state index contributed by atoms with van der Waals surface area (Å²) in [4.78, 5) is 25.5. The van der Waals surface area contributed by atoms with Crippen molar-refractivity contribution >= 4 is 41.1 Å². The van der Waals surface area contributed by atoms with Gasteiger partial charge in [-0.2, -0.15) is 13.2 Å². The minimum absolute atomic E-state index is 0.0165. The number of hydrogen-bond donors (Lipinski definition) is 2. The zero-order chi connectivity index (χ0) is 24.9. The van der Waals surface area contributed by atoms with E-state index in [4.69, 9.17) is 0 Å². The third-order valence-corrected chi connectivity index (χ3v) is 9.54. The number of anilines is 1. The van der Waals surface area contributed by atoms with Crippen molar-refractivity contribution in [2.75, 3.05) is 17.8 Å². The van der Waals surface area contributed by atoms with E-state index in [1.807, 2.05) is 0 Å². The highest BCUT2D eigenvalue weighted by atomic mass is 32.2. The van der Waals surface area contributed by atoms with Crippen LogP contribution in [0.25, 0.3) is 0 Å². The smallest absolute Gasteiger partial charge is 0.416 e. The fraction of sp³-hybridized carbons (Fsp3) is 0.667. The quantitative estimate of drug-likeness (QED) is 0.333. The topological polar surface area (TPSA) is 66.4 Å². The molecule has 0 unspecified atom stereocenters. The molecule has 0 atom stereocenters. The van der Waals surface area contributed by atoms with Crippen LogP contribution in [0.1, 0.15) is 69.9 Å². The molecular formula is C24H34F3NO3S2. The predicted octanol–water partition coefficient (Wildman–Crippen LogP) is 7.08. The summed E-state index contributed by atoms with van der Waals surface area (Å²) < 4.78 is 39.1. The molecule has 0 saturated heterocycles. The lowest BCUT2D eigenvalue weighted by Gasteiger charge is -2.37. The van der Waals surface area contributed by atoms with Crippen LogP contribution in [0, 0.1) is 11.3 Å². The van der Waals surface area contributed by atoms with E-state index in [1.165, 1.54) is 6.07 Å². The van der Waals surface area contributed by atoms with Gasteiger partial charge in [-0.05, 0) is 61.8 Å². The number of carbonyl (C=O) groups is 2. The highest BCUT2D eigenvalue weighted by Crippen LogP contribution is 2.44. The molecule has 1 amide bonds. The molecule has 1 saturated carbocycles. The van der Waals surface area contributed by atoms with Crippen LogP contribution in [0.5, 0.6) is 0 Å². The molecule has 0 radical (unpaired) electrons. The molecule has 2 rings (SSSR count). The molecule has 0 heterocycles. The molecule has 1 aromatic carbocycles. The van der Waals surface area contributed by atoms with Crippen molar-refractivity contribution in [3.8, 4) is 0 Å². The largest absolute Gasteiger partial charge is 0.480 e. The highest BCUT2D eigenvalue weighted by molar-refractivity contribution is 8.18. The summed E-state index contributed by atoms with van der Waals surface area (Å²) in [5.74, 6) is -0.891. The van der Waals surface area contributed by atoms with Gasteiger partial charge in [0.05, 0.1) is 5.56 Å². The maximum absolute atomic E-state index is 13.5. The van der Waals surface area contributed by atoms with Crippen LogP contribution in [0.3, 0.4) is 0 Å². The number of alkyl halides is 3. The Morgan fingerprint density at radius 2 is 1.73 bits per heavy atom. The lowest BCUT2D eigenvalue weighted by Crippen LogP contribution is -2.39. The second kappa shape index (κ2) is 11.4. The molecule has 0 aromatic heterocycles. The summed E-state index contributed by atoms with van der Waals surface area (Å²) in [6, 6.07) is 3.19. The van der Waals surface area contributed by atoms with Crippen LogP contribution < -0.4 is 5.32 Å². The van der Waals surface area contributed by atoms with Gasteiger partial charge in [0, 0.05) is 17.5 Å².